The first-order valence-corrected chi connectivity index (χ1v) is 10.8. The molecule has 4 heterocycles. The minimum absolute atomic E-state index is 0.0788. The summed E-state index contributed by atoms with van der Waals surface area (Å²) in [6.45, 7) is 2.19. The van der Waals surface area contributed by atoms with Crippen LogP contribution in [0.1, 0.15) is 18.4 Å². The van der Waals surface area contributed by atoms with Gasteiger partial charge in [-0.25, -0.2) is 9.78 Å². The fraction of sp³-hybridized carbons (Fsp3) is 0.350. The second kappa shape index (κ2) is 8.60. The number of hydrogen-bond acceptors (Lipinski definition) is 6. The van der Waals surface area contributed by atoms with Crippen LogP contribution in [0.5, 0.6) is 0 Å². The van der Waals surface area contributed by atoms with Gasteiger partial charge >= 0.3 is 6.09 Å². The molecule has 0 aliphatic carbocycles. The Labute approximate surface area is 173 Å². The van der Waals surface area contributed by atoms with Gasteiger partial charge in [-0.2, -0.15) is 0 Å². The number of piperidine rings is 1. The number of nitrogens with one attached hydrogen (secondary N) is 3. The third kappa shape index (κ3) is 4.24. The highest BCUT2D eigenvalue weighted by atomic mass is 32.2. The molecular weight excluding hydrogens is 388 g/mol. The number of nitrogens with zero attached hydrogens (tertiary/aromatic N) is 3. The Hall–Kier alpha value is -2.94. The predicted octanol–water partition coefficient (Wildman–Crippen LogP) is 3.53. The Morgan fingerprint density at radius 3 is 3.10 bits per heavy atom. The van der Waals surface area contributed by atoms with Gasteiger partial charge in [0.05, 0.1) is 16.8 Å². The second-order valence-corrected chi connectivity index (χ2v) is 7.90. The van der Waals surface area contributed by atoms with Crippen molar-refractivity contribution >= 4 is 40.3 Å². The molecule has 1 unspecified atom stereocenters. The highest BCUT2D eigenvalue weighted by Crippen LogP contribution is 2.40. The number of thioether (sulfide) groups is 1. The van der Waals surface area contributed by atoms with Crippen LogP contribution in [0, 0.1) is 0 Å². The summed E-state index contributed by atoms with van der Waals surface area (Å²) in [5, 5.41) is 16.3. The largest absolute Gasteiger partial charge is 0.465 e. The first-order valence-electron chi connectivity index (χ1n) is 9.57. The Kier molecular flexibility index (Phi) is 5.75. The molecular formula is C20H24N6O2S. The van der Waals surface area contributed by atoms with Crippen LogP contribution in [0.15, 0.2) is 41.8 Å². The van der Waals surface area contributed by atoms with E-state index in [1.807, 2.05) is 37.0 Å². The Bertz CT molecular complexity index is 993. The minimum atomic E-state index is -0.970. The van der Waals surface area contributed by atoms with Gasteiger partial charge in [-0.05, 0) is 30.7 Å². The molecule has 1 amide bonds. The minimum Gasteiger partial charge on any atom is -0.465 e. The number of aromatic amines is 1. The molecule has 29 heavy (non-hydrogen) atoms. The van der Waals surface area contributed by atoms with Crippen LogP contribution in [0.25, 0.3) is 11.0 Å². The summed E-state index contributed by atoms with van der Waals surface area (Å²) in [6, 6.07) is 3.88. The van der Waals surface area contributed by atoms with E-state index in [0.717, 1.165) is 52.3 Å². The average molecular weight is 413 g/mol. The SMILES string of the molecule is CSc1cnc2[nH]cc(NCc3cccnc3)c2c1N1CCCC(NC(=O)O)C1. The molecule has 3 aromatic heterocycles. The Morgan fingerprint density at radius 1 is 1.45 bits per heavy atom. The third-order valence-electron chi connectivity index (χ3n) is 5.13. The number of carbonyl (C=O) groups is 1. The quantitative estimate of drug-likeness (QED) is 0.459. The summed E-state index contributed by atoms with van der Waals surface area (Å²) in [5.41, 5.74) is 4.01. The summed E-state index contributed by atoms with van der Waals surface area (Å²) in [5.74, 6) is 0. The third-order valence-corrected chi connectivity index (χ3v) is 5.87. The van der Waals surface area contributed by atoms with Crippen molar-refractivity contribution in [2.75, 3.05) is 29.6 Å². The summed E-state index contributed by atoms with van der Waals surface area (Å²) < 4.78 is 0. The van der Waals surface area contributed by atoms with Gasteiger partial charge in [-0.1, -0.05) is 6.07 Å². The topological polar surface area (TPSA) is 106 Å². The first kappa shape index (κ1) is 19.4. The van der Waals surface area contributed by atoms with Crippen molar-refractivity contribution in [3.05, 3.63) is 42.5 Å². The van der Waals surface area contributed by atoms with Gasteiger partial charge < -0.3 is 25.6 Å². The molecule has 0 saturated carbocycles. The summed E-state index contributed by atoms with van der Waals surface area (Å²) >= 11 is 1.65. The van der Waals surface area contributed by atoms with Gasteiger partial charge in [0.1, 0.15) is 5.65 Å². The first-order chi connectivity index (χ1) is 14.2. The maximum atomic E-state index is 11.1. The lowest BCUT2D eigenvalue weighted by Crippen LogP contribution is -2.47. The van der Waals surface area contributed by atoms with Gasteiger partial charge in [-0.15, -0.1) is 11.8 Å². The van der Waals surface area contributed by atoms with E-state index >= 15 is 0 Å². The number of fused-ring (bicyclic) bond motifs is 1. The standard InChI is InChI=1S/C20H24N6O2S/c1-29-16-11-24-19-17(15(10-23-19)22-9-13-4-2-6-21-8-13)18(16)26-7-3-5-14(12-26)25-20(27)28/h2,4,6,8,10-11,14,22,25H,3,5,7,9,12H2,1H3,(H,23,24)(H,27,28). The van der Waals surface area contributed by atoms with Crippen LogP contribution in [-0.2, 0) is 6.54 Å². The number of amides is 1. The molecule has 0 aromatic carbocycles. The number of pyridine rings is 2. The van der Waals surface area contributed by atoms with Crippen molar-refractivity contribution in [3.63, 3.8) is 0 Å². The van der Waals surface area contributed by atoms with E-state index in [4.69, 9.17) is 5.11 Å². The zero-order chi connectivity index (χ0) is 20.2. The summed E-state index contributed by atoms with van der Waals surface area (Å²) in [7, 11) is 0. The molecule has 3 aromatic rings. The highest BCUT2D eigenvalue weighted by molar-refractivity contribution is 7.98. The number of aromatic nitrogens is 3. The van der Waals surface area contributed by atoms with Crippen LogP contribution in [0.3, 0.4) is 0 Å². The highest BCUT2D eigenvalue weighted by Gasteiger charge is 2.26. The van der Waals surface area contributed by atoms with Crippen LogP contribution in [-0.4, -0.2) is 51.5 Å². The molecule has 4 rings (SSSR count). The predicted molar refractivity (Wildman–Crippen MR) is 116 cm³/mol. The molecule has 152 valence electrons. The lowest BCUT2D eigenvalue weighted by molar-refractivity contribution is 0.188. The Balaban J connectivity index is 1.68. The molecule has 9 heteroatoms. The van der Waals surface area contributed by atoms with E-state index in [1.165, 1.54) is 0 Å². The molecule has 4 N–H and O–H groups in total. The molecule has 0 bridgehead atoms. The number of carboxylic acid groups (broad SMARTS) is 1. The lowest BCUT2D eigenvalue weighted by atomic mass is 10.0. The van der Waals surface area contributed by atoms with Crippen LogP contribution < -0.4 is 15.5 Å². The maximum Gasteiger partial charge on any atom is 0.404 e. The fourth-order valence-electron chi connectivity index (χ4n) is 3.84. The van der Waals surface area contributed by atoms with E-state index < -0.39 is 6.09 Å². The Morgan fingerprint density at radius 2 is 2.34 bits per heavy atom. The number of hydrogen-bond donors (Lipinski definition) is 4. The van der Waals surface area contributed by atoms with Gasteiger partial charge in [-0.3, -0.25) is 4.98 Å². The van der Waals surface area contributed by atoms with Crippen molar-refractivity contribution in [1.29, 1.82) is 0 Å². The molecule has 1 atom stereocenters. The van der Waals surface area contributed by atoms with E-state index in [9.17, 15) is 4.79 Å². The van der Waals surface area contributed by atoms with E-state index in [1.54, 1.807) is 18.0 Å². The van der Waals surface area contributed by atoms with Gasteiger partial charge in [0.25, 0.3) is 0 Å². The molecule has 1 saturated heterocycles. The second-order valence-electron chi connectivity index (χ2n) is 7.05. The van der Waals surface area contributed by atoms with Gasteiger partial charge in [0.2, 0.25) is 0 Å². The van der Waals surface area contributed by atoms with Gasteiger partial charge in [0.15, 0.2) is 0 Å². The van der Waals surface area contributed by atoms with Crippen molar-refractivity contribution in [2.24, 2.45) is 0 Å². The molecule has 0 radical (unpaired) electrons. The molecule has 1 fully saturated rings. The molecule has 8 nitrogen and oxygen atoms in total. The van der Waals surface area contributed by atoms with Crippen molar-refractivity contribution in [1.82, 2.24) is 20.3 Å². The van der Waals surface area contributed by atoms with Crippen molar-refractivity contribution < 1.29 is 9.90 Å². The maximum absolute atomic E-state index is 11.1. The van der Waals surface area contributed by atoms with Gasteiger partial charge in [0, 0.05) is 55.4 Å². The average Bonchev–Trinajstić information content (AvgIpc) is 3.15. The van der Waals surface area contributed by atoms with Crippen molar-refractivity contribution in [2.45, 2.75) is 30.3 Å². The summed E-state index contributed by atoms with van der Waals surface area (Å²) in [4.78, 5) is 26.5. The number of anilines is 2. The van der Waals surface area contributed by atoms with Crippen LogP contribution in [0.2, 0.25) is 0 Å². The van der Waals surface area contributed by atoms with E-state index in [2.05, 4.69) is 30.5 Å². The zero-order valence-corrected chi connectivity index (χ0v) is 17.0. The number of H-pyrrole nitrogens is 1. The van der Waals surface area contributed by atoms with Crippen LogP contribution >= 0.6 is 11.8 Å². The van der Waals surface area contributed by atoms with Crippen molar-refractivity contribution in [3.8, 4) is 0 Å². The molecule has 1 aliphatic rings. The smallest absolute Gasteiger partial charge is 0.404 e. The molecule has 0 spiro atoms. The normalized spacial score (nSPS) is 16.7. The van der Waals surface area contributed by atoms with E-state index in [0.29, 0.717) is 13.1 Å². The molecule has 1 aliphatic heterocycles. The monoisotopic (exact) mass is 412 g/mol. The lowest BCUT2D eigenvalue weighted by Gasteiger charge is -2.35. The van der Waals surface area contributed by atoms with Crippen LogP contribution in [0.4, 0.5) is 16.2 Å². The summed E-state index contributed by atoms with van der Waals surface area (Å²) in [6.07, 6.45) is 10.3. The van der Waals surface area contributed by atoms with E-state index in [-0.39, 0.29) is 6.04 Å². The number of rotatable bonds is 6. The fourth-order valence-corrected chi connectivity index (χ4v) is 4.42. The zero-order valence-electron chi connectivity index (χ0n) is 16.2.